The van der Waals surface area contributed by atoms with E-state index in [1.807, 2.05) is 13.8 Å². The third kappa shape index (κ3) is 6.71. The quantitative estimate of drug-likeness (QED) is 0.675. The molecule has 1 unspecified atom stereocenters. The molecule has 2 rings (SSSR count). The Morgan fingerprint density at radius 1 is 1.25 bits per heavy atom. The number of likely N-dealkylation sites (tertiary alicyclic amines) is 1. The summed E-state index contributed by atoms with van der Waals surface area (Å²) in [5.41, 5.74) is 0.502. The van der Waals surface area contributed by atoms with E-state index in [4.69, 9.17) is 9.47 Å². The minimum absolute atomic E-state index is 0.0528. The van der Waals surface area contributed by atoms with Gasteiger partial charge in [0.15, 0.2) is 18.1 Å². The molecule has 1 aromatic carbocycles. The third-order valence-corrected chi connectivity index (χ3v) is 4.86. The molecule has 2 amide bonds. The SMILES string of the molecule is COc1cc(C(=O)NCCN2CCCCC2C)ccc1OCC(=O)NC(C)C. The molecule has 1 heterocycles. The summed E-state index contributed by atoms with van der Waals surface area (Å²) in [5.74, 6) is 0.507. The Hall–Kier alpha value is -2.28. The van der Waals surface area contributed by atoms with Crippen molar-refractivity contribution in [2.75, 3.05) is 33.4 Å². The van der Waals surface area contributed by atoms with Crippen LogP contribution in [0.1, 0.15) is 50.4 Å². The van der Waals surface area contributed by atoms with Gasteiger partial charge in [0, 0.05) is 30.7 Å². The number of piperidine rings is 1. The summed E-state index contributed by atoms with van der Waals surface area (Å²) in [6.45, 7) is 8.48. The first-order valence-electron chi connectivity index (χ1n) is 10.0. The molecule has 156 valence electrons. The average Bonchev–Trinajstić information content (AvgIpc) is 2.67. The standard InChI is InChI=1S/C21H33N3O4/c1-15(2)23-20(25)14-28-18-9-8-17(13-19(18)27-4)21(26)22-10-12-24-11-6-5-7-16(24)3/h8-9,13,15-16H,5-7,10-12,14H2,1-4H3,(H,22,26)(H,23,25). The molecular formula is C21H33N3O4. The van der Waals surface area contributed by atoms with Crippen LogP contribution in [0.3, 0.4) is 0 Å². The van der Waals surface area contributed by atoms with Crippen molar-refractivity contribution < 1.29 is 19.1 Å². The molecule has 0 bridgehead atoms. The lowest BCUT2D eigenvalue weighted by Gasteiger charge is -2.33. The smallest absolute Gasteiger partial charge is 0.258 e. The summed E-state index contributed by atoms with van der Waals surface area (Å²) >= 11 is 0. The number of amides is 2. The van der Waals surface area contributed by atoms with Crippen LogP contribution in [0.15, 0.2) is 18.2 Å². The molecule has 1 aromatic rings. The molecule has 1 aliphatic heterocycles. The van der Waals surface area contributed by atoms with Gasteiger partial charge >= 0.3 is 0 Å². The van der Waals surface area contributed by atoms with Crippen molar-refractivity contribution >= 4 is 11.8 Å². The largest absolute Gasteiger partial charge is 0.493 e. The van der Waals surface area contributed by atoms with Gasteiger partial charge in [-0.15, -0.1) is 0 Å². The van der Waals surface area contributed by atoms with Gasteiger partial charge in [-0.1, -0.05) is 6.42 Å². The summed E-state index contributed by atoms with van der Waals surface area (Å²) in [6, 6.07) is 5.60. The number of benzene rings is 1. The van der Waals surface area contributed by atoms with Gasteiger partial charge in [0.05, 0.1) is 7.11 Å². The lowest BCUT2D eigenvalue weighted by Crippen LogP contribution is -2.42. The molecule has 0 aliphatic carbocycles. The van der Waals surface area contributed by atoms with Crippen LogP contribution in [0.4, 0.5) is 0 Å². The van der Waals surface area contributed by atoms with Gasteiger partial charge in [-0.05, 0) is 58.4 Å². The number of rotatable bonds is 9. The maximum Gasteiger partial charge on any atom is 0.258 e. The maximum atomic E-state index is 12.4. The zero-order chi connectivity index (χ0) is 20.5. The molecule has 1 fully saturated rings. The number of hydrogen-bond acceptors (Lipinski definition) is 5. The van der Waals surface area contributed by atoms with E-state index >= 15 is 0 Å². The van der Waals surface area contributed by atoms with Crippen molar-refractivity contribution in [1.29, 1.82) is 0 Å². The molecule has 1 saturated heterocycles. The number of nitrogens with zero attached hydrogens (tertiary/aromatic N) is 1. The number of ether oxygens (including phenoxy) is 2. The first-order valence-corrected chi connectivity index (χ1v) is 10.0. The van der Waals surface area contributed by atoms with Crippen LogP contribution in [-0.4, -0.2) is 62.1 Å². The van der Waals surface area contributed by atoms with E-state index in [0.717, 1.165) is 13.1 Å². The van der Waals surface area contributed by atoms with E-state index in [2.05, 4.69) is 22.5 Å². The van der Waals surface area contributed by atoms with Crippen LogP contribution in [0.25, 0.3) is 0 Å². The molecule has 0 aromatic heterocycles. The van der Waals surface area contributed by atoms with Crippen molar-refractivity contribution in [3.63, 3.8) is 0 Å². The van der Waals surface area contributed by atoms with Crippen molar-refractivity contribution in [2.45, 2.75) is 52.1 Å². The number of nitrogens with one attached hydrogen (secondary N) is 2. The second kappa shape index (κ2) is 10.9. The molecule has 0 saturated carbocycles. The minimum atomic E-state index is -0.203. The summed E-state index contributed by atoms with van der Waals surface area (Å²) in [4.78, 5) is 26.6. The van der Waals surface area contributed by atoms with Crippen molar-refractivity contribution in [3.8, 4) is 11.5 Å². The van der Waals surface area contributed by atoms with Gasteiger partial charge in [0.1, 0.15) is 0 Å². The summed E-state index contributed by atoms with van der Waals surface area (Å²) in [6.07, 6.45) is 3.74. The van der Waals surface area contributed by atoms with Crippen molar-refractivity contribution in [1.82, 2.24) is 15.5 Å². The van der Waals surface area contributed by atoms with Gasteiger partial charge in [0.2, 0.25) is 0 Å². The Morgan fingerprint density at radius 2 is 2.04 bits per heavy atom. The number of carbonyl (C=O) groups excluding carboxylic acids is 2. The van der Waals surface area contributed by atoms with Gasteiger partial charge in [-0.2, -0.15) is 0 Å². The fraction of sp³-hybridized carbons (Fsp3) is 0.619. The maximum absolute atomic E-state index is 12.4. The highest BCUT2D eigenvalue weighted by atomic mass is 16.5. The monoisotopic (exact) mass is 391 g/mol. The van der Waals surface area contributed by atoms with Gasteiger partial charge < -0.3 is 20.1 Å². The van der Waals surface area contributed by atoms with Gasteiger partial charge in [-0.25, -0.2) is 0 Å². The van der Waals surface area contributed by atoms with E-state index in [0.29, 0.717) is 29.6 Å². The fourth-order valence-corrected chi connectivity index (χ4v) is 3.34. The fourth-order valence-electron chi connectivity index (χ4n) is 3.34. The van der Waals surface area contributed by atoms with E-state index in [-0.39, 0.29) is 24.5 Å². The molecule has 7 nitrogen and oxygen atoms in total. The molecule has 0 radical (unpaired) electrons. The molecule has 0 spiro atoms. The van der Waals surface area contributed by atoms with Crippen LogP contribution in [-0.2, 0) is 4.79 Å². The number of methoxy groups -OCH3 is 1. The molecule has 1 aliphatic rings. The van der Waals surface area contributed by atoms with Crippen molar-refractivity contribution in [3.05, 3.63) is 23.8 Å². The minimum Gasteiger partial charge on any atom is -0.493 e. The highest BCUT2D eigenvalue weighted by Crippen LogP contribution is 2.28. The lowest BCUT2D eigenvalue weighted by molar-refractivity contribution is -0.123. The zero-order valence-electron chi connectivity index (χ0n) is 17.4. The normalized spacial score (nSPS) is 17.2. The van der Waals surface area contributed by atoms with E-state index in [1.54, 1.807) is 18.2 Å². The van der Waals surface area contributed by atoms with Crippen LogP contribution in [0, 0.1) is 0 Å². The average molecular weight is 392 g/mol. The Morgan fingerprint density at radius 3 is 2.71 bits per heavy atom. The lowest BCUT2D eigenvalue weighted by atomic mass is 10.0. The summed E-state index contributed by atoms with van der Waals surface area (Å²) < 4.78 is 10.8. The van der Waals surface area contributed by atoms with Crippen LogP contribution >= 0.6 is 0 Å². The van der Waals surface area contributed by atoms with Crippen molar-refractivity contribution in [2.24, 2.45) is 0 Å². The predicted octanol–water partition coefficient (Wildman–Crippen LogP) is 2.20. The van der Waals surface area contributed by atoms with Gasteiger partial charge in [0.25, 0.3) is 11.8 Å². The topological polar surface area (TPSA) is 79.9 Å². The van der Waals surface area contributed by atoms with Crippen LogP contribution in [0.2, 0.25) is 0 Å². The molecular weight excluding hydrogens is 358 g/mol. The molecule has 28 heavy (non-hydrogen) atoms. The van der Waals surface area contributed by atoms with Gasteiger partial charge in [-0.3, -0.25) is 14.5 Å². The second-order valence-corrected chi connectivity index (χ2v) is 7.51. The Bertz CT molecular complexity index is 663. The number of carbonyl (C=O) groups is 2. The summed E-state index contributed by atoms with van der Waals surface area (Å²) in [5, 5.41) is 5.73. The third-order valence-electron chi connectivity index (χ3n) is 4.86. The Kier molecular flexibility index (Phi) is 8.57. The highest BCUT2D eigenvalue weighted by Gasteiger charge is 2.18. The first kappa shape index (κ1) is 22.0. The Labute approximate surface area is 167 Å². The van der Waals surface area contributed by atoms with E-state index in [9.17, 15) is 9.59 Å². The molecule has 1 atom stereocenters. The first-order chi connectivity index (χ1) is 13.4. The van der Waals surface area contributed by atoms with E-state index in [1.165, 1.54) is 26.4 Å². The summed E-state index contributed by atoms with van der Waals surface area (Å²) in [7, 11) is 1.51. The Balaban J connectivity index is 1.87. The molecule has 7 heteroatoms. The van der Waals surface area contributed by atoms with E-state index < -0.39 is 0 Å². The second-order valence-electron chi connectivity index (χ2n) is 7.51. The zero-order valence-corrected chi connectivity index (χ0v) is 17.4. The number of hydrogen-bond donors (Lipinski definition) is 2. The predicted molar refractivity (Wildman–Crippen MR) is 109 cm³/mol. The highest BCUT2D eigenvalue weighted by molar-refractivity contribution is 5.94. The van der Waals surface area contributed by atoms with Crippen LogP contribution in [0.5, 0.6) is 11.5 Å². The molecule has 2 N–H and O–H groups in total. The van der Waals surface area contributed by atoms with Crippen LogP contribution < -0.4 is 20.1 Å².